The fraction of sp³-hybridized carbons (Fsp3) is 0.619. The molecule has 1 aliphatic carbocycles. The van der Waals surface area contributed by atoms with Crippen molar-refractivity contribution in [2.45, 2.75) is 83.6 Å². The van der Waals surface area contributed by atoms with Gasteiger partial charge in [-0.2, -0.15) is 0 Å². The first-order valence-corrected chi connectivity index (χ1v) is 9.90. The molecule has 4 heteroatoms. The first-order chi connectivity index (χ1) is 12.2. The van der Waals surface area contributed by atoms with E-state index in [1.807, 2.05) is 12.1 Å². The summed E-state index contributed by atoms with van der Waals surface area (Å²) in [5.74, 6) is -0.0103. The normalized spacial score (nSPS) is 14.9. The molecule has 0 spiro atoms. The molecule has 0 heterocycles. The van der Waals surface area contributed by atoms with Gasteiger partial charge in [0.25, 0.3) is 5.91 Å². The fourth-order valence-electron chi connectivity index (χ4n) is 3.37. The summed E-state index contributed by atoms with van der Waals surface area (Å²) in [5, 5.41) is 6.03. The van der Waals surface area contributed by atoms with E-state index in [4.69, 9.17) is 0 Å². The van der Waals surface area contributed by atoms with E-state index >= 15 is 0 Å². The van der Waals surface area contributed by atoms with Crippen LogP contribution in [0, 0.1) is 0 Å². The van der Waals surface area contributed by atoms with Gasteiger partial charge < -0.3 is 10.6 Å². The lowest BCUT2D eigenvalue weighted by atomic mass is 9.95. The molecule has 138 valence electrons. The molecule has 0 unspecified atom stereocenters. The zero-order valence-corrected chi connectivity index (χ0v) is 15.5. The van der Waals surface area contributed by atoms with Gasteiger partial charge in [0.05, 0.1) is 0 Å². The Hall–Kier alpha value is -1.84. The van der Waals surface area contributed by atoms with Gasteiger partial charge in [-0.05, 0) is 37.5 Å². The van der Waals surface area contributed by atoms with Crippen molar-refractivity contribution in [3.8, 4) is 0 Å². The Morgan fingerprint density at radius 3 is 2.56 bits per heavy atom. The topological polar surface area (TPSA) is 58.2 Å². The van der Waals surface area contributed by atoms with Crippen LogP contribution >= 0.6 is 0 Å². The molecular weight excluding hydrogens is 312 g/mol. The van der Waals surface area contributed by atoms with E-state index in [9.17, 15) is 9.59 Å². The van der Waals surface area contributed by atoms with Gasteiger partial charge in [0.1, 0.15) is 0 Å². The van der Waals surface area contributed by atoms with E-state index in [2.05, 4.69) is 17.6 Å². The number of rotatable bonds is 9. The molecule has 25 heavy (non-hydrogen) atoms. The molecule has 0 aromatic heterocycles. The van der Waals surface area contributed by atoms with Crippen LogP contribution in [0.2, 0.25) is 0 Å². The molecular formula is C21H32N2O2. The minimum Gasteiger partial charge on any atom is -0.349 e. The van der Waals surface area contributed by atoms with Crippen LogP contribution in [0.3, 0.4) is 0 Å². The molecule has 0 radical (unpaired) electrons. The van der Waals surface area contributed by atoms with Gasteiger partial charge in [-0.15, -0.1) is 0 Å². The second-order valence-corrected chi connectivity index (χ2v) is 7.10. The zero-order valence-electron chi connectivity index (χ0n) is 15.5. The lowest BCUT2D eigenvalue weighted by Crippen LogP contribution is -2.36. The SMILES string of the molecule is CCCCCCCC(=O)Nc1cccc(C(=O)NC2CCCCC2)c1. The first kappa shape index (κ1) is 19.5. The van der Waals surface area contributed by atoms with Crippen LogP contribution in [0.1, 0.15) is 87.9 Å². The Labute approximate surface area is 151 Å². The molecule has 2 N–H and O–H groups in total. The highest BCUT2D eigenvalue weighted by atomic mass is 16.2. The molecule has 0 bridgehead atoms. The van der Waals surface area contributed by atoms with Gasteiger partial charge in [0, 0.05) is 23.7 Å². The van der Waals surface area contributed by atoms with Crippen molar-refractivity contribution in [3.05, 3.63) is 29.8 Å². The zero-order chi connectivity index (χ0) is 17.9. The van der Waals surface area contributed by atoms with E-state index in [0.717, 1.165) is 25.7 Å². The average Bonchev–Trinajstić information content (AvgIpc) is 2.62. The molecule has 2 amide bonds. The Kier molecular flexibility index (Phi) is 8.50. The maximum absolute atomic E-state index is 12.4. The number of amides is 2. The molecule has 1 saturated carbocycles. The average molecular weight is 344 g/mol. The van der Waals surface area contributed by atoms with Gasteiger partial charge in [0.15, 0.2) is 0 Å². The predicted octanol–water partition coefficient (Wildman–Crippen LogP) is 5.05. The summed E-state index contributed by atoms with van der Waals surface area (Å²) < 4.78 is 0. The number of unbranched alkanes of at least 4 members (excludes halogenated alkanes) is 4. The minimum atomic E-state index is -0.0393. The van der Waals surface area contributed by atoms with E-state index < -0.39 is 0 Å². The van der Waals surface area contributed by atoms with E-state index in [-0.39, 0.29) is 11.8 Å². The van der Waals surface area contributed by atoms with E-state index in [1.54, 1.807) is 12.1 Å². The highest BCUT2D eigenvalue weighted by molar-refractivity contribution is 5.97. The monoisotopic (exact) mass is 344 g/mol. The number of anilines is 1. The first-order valence-electron chi connectivity index (χ1n) is 9.90. The van der Waals surface area contributed by atoms with Crippen molar-refractivity contribution in [2.24, 2.45) is 0 Å². The second kappa shape index (κ2) is 10.9. The largest absolute Gasteiger partial charge is 0.349 e. The van der Waals surface area contributed by atoms with Crippen molar-refractivity contribution in [1.29, 1.82) is 0 Å². The third kappa shape index (κ3) is 7.29. The van der Waals surface area contributed by atoms with Crippen LogP contribution in [0.4, 0.5) is 5.69 Å². The van der Waals surface area contributed by atoms with Crippen LogP contribution < -0.4 is 10.6 Å². The third-order valence-corrected chi connectivity index (χ3v) is 4.86. The number of hydrogen-bond acceptors (Lipinski definition) is 2. The fourth-order valence-corrected chi connectivity index (χ4v) is 3.37. The van der Waals surface area contributed by atoms with Crippen molar-refractivity contribution < 1.29 is 9.59 Å². The quantitative estimate of drug-likeness (QED) is 0.616. The van der Waals surface area contributed by atoms with Gasteiger partial charge in [-0.25, -0.2) is 0 Å². The number of benzene rings is 1. The lowest BCUT2D eigenvalue weighted by molar-refractivity contribution is -0.116. The summed E-state index contributed by atoms with van der Waals surface area (Å²) in [4.78, 5) is 24.4. The smallest absolute Gasteiger partial charge is 0.251 e. The number of carbonyl (C=O) groups excluding carboxylic acids is 2. The number of hydrogen-bond donors (Lipinski definition) is 2. The van der Waals surface area contributed by atoms with Gasteiger partial charge in [0.2, 0.25) is 5.91 Å². The maximum Gasteiger partial charge on any atom is 0.251 e. The van der Waals surface area contributed by atoms with Crippen molar-refractivity contribution >= 4 is 17.5 Å². The van der Waals surface area contributed by atoms with Gasteiger partial charge in [-0.3, -0.25) is 9.59 Å². The van der Waals surface area contributed by atoms with Crippen LogP contribution in [-0.2, 0) is 4.79 Å². The van der Waals surface area contributed by atoms with E-state index in [1.165, 1.54) is 38.5 Å². The van der Waals surface area contributed by atoms with Crippen LogP contribution in [-0.4, -0.2) is 17.9 Å². The predicted molar refractivity (Wildman–Crippen MR) is 103 cm³/mol. The Balaban J connectivity index is 1.79. The molecule has 0 aliphatic heterocycles. The standard InChI is InChI=1S/C21H32N2O2/c1-2-3-4-5-9-15-20(24)22-19-14-10-11-17(16-19)21(25)23-18-12-7-6-8-13-18/h10-11,14,16,18H,2-9,12-13,15H2,1H3,(H,22,24)(H,23,25). The highest BCUT2D eigenvalue weighted by Crippen LogP contribution is 2.18. The molecule has 1 aliphatic rings. The summed E-state index contributed by atoms with van der Waals surface area (Å²) in [6.07, 6.45) is 12.0. The van der Waals surface area contributed by atoms with Crippen LogP contribution in [0.5, 0.6) is 0 Å². The molecule has 2 rings (SSSR count). The third-order valence-electron chi connectivity index (χ3n) is 4.86. The molecule has 1 fully saturated rings. The summed E-state index contributed by atoms with van der Waals surface area (Å²) >= 11 is 0. The summed E-state index contributed by atoms with van der Waals surface area (Å²) in [5.41, 5.74) is 1.32. The van der Waals surface area contributed by atoms with Crippen LogP contribution in [0.25, 0.3) is 0 Å². The Morgan fingerprint density at radius 2 is 1.80 bits per heavy atom. The van der Waals surface area contributed by atoms with Crippen LogP contribution in [0.15, 0.2) is 24.3 Å². The molecule has 1 aromatic carbocycles. The van der Waals surface area contributed by atoms with Crippen molar-refractivity contribution in [3.63, 3.8) is 0 Å². The van der Waals surface area contributed by atoms with Crippen molar-refractivity contribution in [1.82, 2.24) is 5.32 Å². The number of nitrogens with one attached hydrogen (secondary N) is 2. The Morgan fingerprint density at radius 1 is 1.04 bits per heavy atom. The molecule has 4 nitrogen and oxygen atoms in total. The number of carbonyl (C=O) groups is 2. The second-order valence-electron chi connectivity index (χ2n) is 7.10. The maximum atomic E-state index is 12.4. The molecule has 0 atom stereocenters. The summed E-state index contributed by atoms with van der Waals surface area (Å²) in [6.45, 7) is 2.18. The van der Waals surface area contributed by atoms with Gasteiger partial charge >= 0.3 is 0 Å². The van der Waals surface area contributed by atoms with E-state index in [0.29, 0.717) is 23.7 Å². The highest BCUT2D eigenvalue weighted by Gasteiger charge is 2.16. The van der Waals surface area contributed by atoms with Crippen molar-refractivity contribution in [2.75, 3.05) is 5.32 Å². The summed E-state index contributed by atoms with van der Waals surface area (Å²) in [6, 6.07) is 7.53. The minimum absolute atomic E-state index is 0.0290. The Bertz CT molecular complexity index is 551. The lowest BCUT2D eigenvalue weighted by Gasteiger charge is -2.22. The molecule has 1 aromatic rings. The van der Waals surface area contributed by atoms with Gasteiger partial charge in [-0.1, -0.05) is 57.9 Å². The summed E-state index contributed by atoms with van der Waals surface area (Å²) in [7, 11) is 0. The molecule has 0 saturated heterocycles.